The first kappa shape index (κ1) is 18.4. The molecule has 0 atom stereocenters. The van der Waals surface area contributed by atoms with Gasteiger partial charge in [-0.1, -0.05) is 29.3 Å². The fourth-order valence-corrected chi connectivity index (χ4v) is 3.44. The Kier molecular flexibility index (Phi) is 4.75. The molecule has 8 heteroatoms. The van der Waals surface area contributed by atoms with Crippen molar-refractivity contribution in [1.29, 1.82) is 0 Å². The normalized spacial score (nSPS) is 11.0. The largest absolute Gasteiger partial charge is 0.437 e. The lowest BCUT2D eigenvalue weighted by Crippen LogP contribution is -2.14. The topological polar surface area (TPSA) is 56.5 Å². The van der Waals surface area contributed by atoms with Crippen LogP contribution in [0.4, 0.5) is 4.39 Å². The molecule has 0 bridgehead atoms. The Morgan fingerprint density at radius 3 is 2.50 bits per heavy atom. The second-order valence-corrected chi connectivity index (χ2v) is 6.85. The number of halogens is 3. The molecule has 28 heavy (non-hydrogen) atoms. The molecule has 2 aromatic heterocycles. The molecular formula is C20H12Cl2FN3O2. The van der Waals surface area contributed by atoms with Gasteiger partial charge in [0.25, 0.3) is 5.56 Å². The highest BCUT2D eigenvalue weighted by Gasteiger charge is 2.17. The van der Waals surface area contributed by atoms with Crippen molar-refractivity contribution in [1.82, 2.24) is 14.6 Å². The Bertz CT molecular complexity index is 1250. The van der Waals surface area contributed by atoms with Crippen molar-refractivity contribution < 1.29 is 9.13 Å². The van der Waals surface area contributed by atoms with E-state index in [2.05, 4.69) is 10.1 Å². The molecule has 0 N–H and O–H groups in total. The maximum atomic E-state index is 13.3. The molecule has 4 aromatic rings. The summed E-state index contributed by atoms with van der Waals surface area (Å²) in [5.74, 6) is 0.375. The van der Waals surface area contributed by atoms with Gasteiger partial charge in [-0.15, -0.1) is 5.10 Å². The smallest absolute Gasteiger partial charge is 0.281 e. The number of hydrogen-bond donors (Lipinski definition) is 0. The van der Waals surface area contributed by atoms with E-state index in [9.17, 15) is 9.18 Å². The van der Waals surface area contributed by atoms with Gasteiger partial charge in [-0.05, 0) is 48.9 Å². The van der Waals surface area contributed by atoms with Gasteiger partial charge in [0.2, 0.25) is 5.88 Å². The monoisotopic (exact) mass is 415 g/mol. The van der Waals surface area contributed by atoms with Crippen LogP contribution < -0.4 is 10.3 Å². The molecule has 0 saturated carbocycles. The third kappa shape index (κ3) is 3.32. The van der Waals surface area contributed by atoms with Gasteiger partial charge < -0.3 is 4.74 Å². The van der Waals surface area contributed by atoms with Crippen LogP contribution in [0.1, 0.15) is 5.56 Å². The van der Waals surface area contributed by atoms with Crippen molar-refractivity contribution in [3.8, 4) is 22.8 Å². The van der Waals surface area contributed by atoms with Gasteiger partial charge >= 0.3 is 0 Å². The van der Waals surface area contributed by atoms with Crippen LogP contribution in [0.25, 0.3) is 16.6 Å². The minimum absolute atomic E-state index is 0.245. The van der Waals surface area contributed by atoms with Gasteiger partial charge in [0.1, 0.15) is 17.9 Å². The number of aromatic nitrogens is 3. The second-order valence-electron chi connectivity index (χ2n) is 6.03. The highest BCUT2D eigenvalue weighted by molar-refractivity contribution is 6.39. The van der Waals surface area contributed by atoms with E-state index in [0.717, 1.165) is 0 Å². The molecule has 0 aliphatic carbocycles. The molecule has 0 spiro atoms. The molecule has 2 aromatic carbocycles. The molecule has 0 amide bonds. The van der Waals surface area contributed by atoms with Crippen molar-refractivity contribution in [2.24, 2.45) is 0 Å². The van der Waals surface area contributed by atoms with Crippen LogP contribution >= 0.6 is 23.2 Å². The summed E-state index contributed by atoms with van der Waals surface area (Å²) < 4.78 is 20.4. The third-order valence-electron chi connectivity index (χ3n) is 4.16. The summed E-state index contributed by atoms with van der Waals surface area (Å²) in [6.45, 7) is 1.73. The first-order chi connectivity index (χ1) is 13.4. The van der Waals surface area contributed by atoms with Crippen molar-refractivity contribution in [2.45, 2.75) is 6.92 Å². The van der Waals surface area contributed by atoms with Gasteiger partial charge in [-0.2, -0.15) is 4.98 Å². The number of fused-ring (bicyclic) bond motifs is 1. The molecule has 0 fully saturated rings. The van der Waals surface area contributed by atoms with Crippen LogP contribution in [0.3, 0.4) is 0 Å². The van der Waals surface area contributed by atoms with E-state index in [0.29, 0.717) is 32.4 Å². The first-order valence-corrected chi connectivity index (χ1v) is 8.97. The average molecular weight is 416 g/mol. The molecule has 0 saturated heterocycles. The summed E-state index contributed by atoms with van der Waals surface area (Å²) in [5.41, 5.74) is 1.27. The summed E-state index contributed by atoms with van der Waals surface area (Å²) in [5, 5.41) is 5.00. The zero-order valence-electron chi connectivity index (χ0n) is 14.5. The number of benzene rings is 2. The average Bonchev–Trinajstić information content (AvgIpc) is 2.65. The van der Waals surface area contributed by atoms with Crippen LogP contribution in [0.2, 0.25) is 10.0 Å². The van der Waals surface area contributed by atoms with Crippen molar-refractivity contribution in [2.75, 3.05) is 0 Å². The van der Waals surface area contributed by atoms with E-state index in [-0.39, 0.29) is 17.3 Å². The Balaban J connectivity index is 1.84. The molecule has 0 unspecified atom stereocenters. The van der Waals surface area contributed by atoms with Gasteiger partial charge in [0, 0.05) is 11.6 Å². The van der Waals surface area contributed by atoms with E-state index in [1.165, 1.54) is 29.0 Å². The van der Waals surface area contributed by atoms with Crippen molar-refractivity contribution in [3.05, 3.63) is 86.6 Å². The maximum absolute atomic E-state index is 13.3. The Hall–Kier alpha value is -2.96. The van der Waals surface area contributed by atoms with E-state index < -0.39 is 5.56 Å². The van der Waals surface area contributed by atoms with Gasteiger partial charge in [-0.3, -0.25) is 4.79 Å². The van der Waals surface area contributed by atoms with E-state index >= 15 is 0 Å². The molecule has 5 nitrogen and oxygen atoms in total. The number of nitrogens with zero attached hydrogens (tertiary/aromatic N) is 3. The second kappa shape index (κ2) is 7.22. The van der Waals surface area contributed by atoms with Crippen LogP contribution in [-0.4, -0.2) is 14.6 Å². The van der Waals surface area contributed by atoms with Gasteiger partial charge in [0.05, 0.1) is 21.1 Å². The molecule has 2 heterocycles. The molecular weight excluding hydrogens is 404 g/mol. The number of aryl methyl sites for hydroxylation is 1. The molecule has 0 radical (unpaired) electrons. The molecule has 140 valence electrons. The summed E-state index contributed by atoms with van der Waals surface area (Å²) in [6, 6.07) is 12.5. The molecule has 0 aliphatic heterocycles. The predicted octanol–water partition coefficient (Wildman–Crippen LogP) is 5.30. The highest BCUT2D eigenvalue weighted by Crippen LogP contribution is 2.35. The van der Waals surface area contributed by atoms with Crippen molar-refractivity contribution in [3.63, 3.8) is 0 Å². The van der Waals surface area contributed by atoms with Crippen LogP contribution in [0.5, 0.6) is 11.6 Å². The molecule has 4 rings (SSSR count). The van der Waals surface area contributed by atoms with Crippen molar-refractivity contribution >= 4 is 28.7 Å². The van der Waals surface area contributed by atoms with Crippen LogP contribution in [0, 0.1) is 12.7 Å². The predicted molar refractivity (Wildman–Crippen MR) is 106 cm³/mol. The SMILES string of the molecule is Cc1cc(F)ccc1Oc1ccc2c(-c3c(Cl)cccc3Cl)c(=O)ncn2n1. The summed E-state index contributed by atoms with van der Waals surface area (Å²) >= 11 is 12.5. The Morgan fingerprint density at radius 1 is 1.04 bits per heavy atom. The lowest BCUT2D eigenvalue weighted by molar-refractivity contribution is 0.447. The minimum atomic E-state index is -0.472. The standard InChI is InChI=1S/C20H12Cl2FN3O2/c1-11-9-12(23)5-7-16(11)28-17-8-6-15-19(20(27)24-10-26(15)25-17)18-13(21)3-2-4-14(18)22/h2-10H,1H3. The quantitative estimate of drug-likeness (QED) is 0.455. The number of hydrogen-bond acceptors (Lipinski definition) is 4. The first-order valence-electron chi connectivity index (χ1n) is 8.21. The highest BCUT2D eigenvalue weighted by atomic mass is 35.5. The lowest BCUT2D eigenvalue weighted by Gasteiger charge is -2.12. The number of ether oxygens (including phenoxy) is 1. The summed E-state index contributed by atoms with van der Waals surface area (Å²) in [7, 11) is 0. The lowest BCUT2D eigenvalue weighted by atomic mass is 10.1. The van der Waals surface area contributed by atoms with Gasteiger partial charge in [-0.25, -0.2) is 8.91 Å². The van der Waals surface area contributed by atoms with Crippen LogP contribution in [0.15, 0.2) is 59.7 Å². The zero-order chi connectivity index (χ0) is 19.8. The Labute approximate surface area is 168 Å². The van der Waals surface area contributed by atoms with Gasteiger partial charge in [0.15, 0.2) is 0 Å². The maximum Gasteiger partial charge on any atom is 0.281 e. The van der Waals surface area contributed by atoms with E-state index in [1.54, 1.807) is 37.3 Å². The molecule has 0 aliphatic rings. The summed E-state index contributed by atoms with van der Waals surface area (Å²) in [6.07, 6.45) is 1.29. The van der Waals surface area contributed by atoms with E-state index in [1.807, 2.05) is 0 Å². The zero-order valence-corrected chi connectivity index (χ0v) is 16.0. The fraction of sp³-hybridized carbons (Fsp3) is 0.0500. The Morgan fingerprint density at radius 2 is 1.79 bits per heavy atom. The number of rotatable bonds is 3. The summed E-state index contributed by atoms with van der Waals surface area (Å²) in [4.78, 5) is 16.3. The fourth-order valence-electron chi connectivity index (χ4n) is 2.85. The minimum Gasteiger partial charge on any atom is -0.437 e. The van der Waals surface area contributed by atoms with E-state index in [4.69, 9.17) is 27.9 Å². The van der Waals surface area contributed by atoms with Crippen LogP contribution in [-0.2, 0) is 0 Å². The third-order valence-corrected chi connectivity index (χ3v) is 4.79.